The van der Waals surface area contributed by atoms with Crippen molar-refractivity contribution in [2.24, 2.45) is 0 Å². The molecule has 1 aromatic rings. The number of piperazine rings is 1. The molecule has 0 atom stereocenters. The van der Waals surface area contributed by atoms with E-state index >= 15 is 0 Å². The summed E-state index contributed by atoms with van der Waals surface area (Å²) in [5.41, 5.74) is 0. The van der Waals surface area contributed by atoms with Crippen molar-refractivity contribution < 1.29 is 4.79 Å². The molecule has 2 aliphatic heterocycles. The zero-order valence-corrected chi connectivity index (χ0v) is 13.7. The number of H-pyrrole nitrogens is 1. The third-order valence-electron chi connectivity index (χ3n) is 5.72. The summed E-state index contributed by atoms with van der Waals surface area (Å²) < 4.78 is 0. The normalized spacial score (nSPS) is 25.5. The molecule has 1 aliphatic carbocycles. The fourth-order valence-corrected chi connectivity index (χ4v) is 4.22. The highest BCUT2D eigenvalue weighted by Gasteiger charge is 2.37. The third-order valence-corrected chi connectivity index (χ3v) is 5.72. The first-order valence-corrected chi connectivity index (χ1v) is 8.94. The molecule has 7 heteroatoms. The highest BCUT2D eigenvalue weighted by molar-refractivity contribution is 5.90. The molecule has 1 amide bonds. The number of aromatic nitrogens is 3. The average molecular weight is 318 g/mol. The lowest BCUT2D eigenvalue weighted by atomic mass is 9.93. The Labute approximate surface area is 137 Å². The van der Waals surface area contributed by atoms with Gasteiger partial charge in [0.25, 0.3) is 5.91 Å². The van der Waals surface area contributed by atoms with Crippen LogP contribution in [0.5, 0.6) is 0 Å². The molecule has 126 valence electrons. The molecule has 2 saturated heterocycles. The summed E-state index contributed by atoms with van der Waals surface area (Å²) in [4.78, 5) is 23.2. The molecule has 0 bridgehead atoms. The van der Waals surface area contributed by atoms with Gasteiger partial charge in [-0.1, -0.05) is 19.3 Å². The first-order chi connectivity index (χ1) is 11.3. The van der Waals surface area contributed by atoms with Crippen LogP contribution in [0.3, 0.4) is 0 Å². The van der Waals surface area contributed by atoms with Crippen LogP contribution in [-0.2, 0) is 0 Å². The number of carbonyl (C=O) groups excluding carboxylic acids is 1. The lowest BCUT2D eigenvalue weighted by Crippen LogP contribution is -2.64. The SMILES string of the molecule is O=C(c1ncn[nH]1)N1CC(N2CCN(C3CCCCC3)CC2)C1. The van der Waals surface area contributed by atoms with Gasteiger partial charge in [-0.25, -0.2) is 4.98 Å². The monoisotopic (exact) mass is 318 g/mol. The molecule has 7 nitrogen and oxygen atoms in total. The van der Waals surface area contributed by atoms with Crippen LogP contribution in [0.2, 0.25) is 0 Å². The number of amides is 1. The summed E-state index contributed by atoms with van der Waals surface area (Å²) in [6.07, 6.45) is 8.41. The molecule has 3 heterocycles. The van der Waals surface area contributed by atoms with E-state index in [4.69, 9.17) is 0 Å². The first-order valence-electron chi connectivity index (χ1n) is 8.94. The van der Waals surface area contributed by atoms with Gasteiger partial charge in [0.1, 0.15) is 6.33 Å². The number of rotatable bonds is 3. The Balaban J connectivity index is 1.22. The lowest BCUT2D eigenvalue weighted by molar-refractivity contribution is -0.00312. The average Bonchev–Trinajstić information content (AvgIpc) is 3.09. The third kappa shape index (κ3) is 3.12. The molecule has 23 heavy (non-hydrogen) atoms. The van der Waals surface area contributed by atoms with Gasteiger partial charge in [0.15, 0.2) is 0 Å². The van der Waals surface area contributed by atoms with Gasteiger partial charge in [-0.15, -0.1) is 0 Å². The van der Waals surface area contributed by atoms with Crippen LogP contribution in [-0.4, -0.2) is 87.1 Å². The molecule has 1 aromatic heterocycles. The maximum Gasteiger partial charge on any atom is 0.291 e. The predicted molar refractivity (Wildman–Crippen MR) is 86.1 cm³/mol. The van der Waals surface area contributed by atoms with E-state index in [0.29, 0.717) is 11.9 Å². The van der Waals surface area contributed by atoms with Crippen LogP contribution in [0.15, 0.2) is 6.33 Å². The largest absolute Gasteiger partial charge is 0.333 e. The zero-order valence-electron chi connectivity index (χ0n) is 13.7. The molecule has 1 saturated carbocycles. The molecule has 0 unspecified atom stereocenters. The minimum atomic E-state index is -0.0282. The number of likely N-dealkylation sites (tertiary alicyclic amines) is 1. The van der Waals surface area contributed by atoms with Crippen molar-refractivity contribution >= 4 is 5.91 Å². The fourth-order valence-electron chi connectivity index (χ4n) is 4.22. The standard InChI is InChI=1S/C16H26N6O/c23-16(15-17-12-18-19-15)22-10-14(11-22)21-8-6-20(7-9-21)13-4-2-1-3-5-13/h12-14H,1-11H2,(H,17,18,19). The fraction of sp³-hybridized carbons (Fsp3) is 0.812. The molecular formula is C16H26N6O. The number of hydrogen-bond donors (Lipinski definition) is 1. The van der Waals surface area contributed by atoms with Crippen molar-refractivity contribution in [2.45, 2.75) is 44.2 Å². The van der Waals surface area contributed by atoms with Crippen LogP contribution in [0, 0.1) is 0 Å². The van der Waals surface area contributed by atoms with E-state index in [2.05, 4.69) is 25.0 Å². The Hall–Kier alpha value is -1.47. The smallest absolute Gasteiger partial charge is 0.291 e. The maximum atomic E-state index is 12.1. The second-order valence-electron chi connectivity index (χ2n) is 7.06. The van der Waals surface area contributed by atoms with Crippen molar-refractivity contribution in [3.63, 3.8) is 0 Å². The van der Waals surface area contributed by atoms with Crippen LogP contribution in [0.4, 0.5) is 0 Å². The van der Waals surface area contributed by atoms with Crippen molar-refractivity contribution in [3.05, 3.63) is 12.2 Å². The number of carbonyl (C=O) groups is 1. The topological polar surface area (TPSA) is 68.4 Å². The van der Waals surface area contributed by atoms with Crippen molar-refractivity contribution in [1.29, 1.82) is 0 Å². The predicted octanol–water partition coefficient (Wildman–Crippen LogP) is 0.579. The minimum Gasteiger partial charge on any atom is -0.333 e. The molecule has 3 aliphatic rings. The Kier molecular flexibility index (Phi) is 4.31. The van der Waals surface area contributed by atoms with E-state index in [1.54, 1.807) is 0 Å². The van der Waals surface area contributed by atoms with E-state index in [1.165, 1.54) is 51.5 Å². The Bertz CT molecular complexity index is 513. The maximum absolute atomic E-state index is 12.1. The van der Waals surface area contributed by atoms with E-state index in [-0.39, 0.29) is 5.91 Å². The van der Waals surface area contributed by atoms with E-state index in [0.717, 1.165) is 32.2 Å². The molecule has 1 N–H and O–H groups in total. The second kappa shape index (κ2) is 6.57. The summed E-state index contributed by atoms with van der Waals surface area (Å²) in [5.74, 6) is 0.324. The Morgan fingerprint density at radius 1 is 1.00 bits per heavy atom. The van der Waals surface area contributed by atoms with Crippen molar-refractivity contribution in [2.75, 3.05) is 39.3 Å². The summed E-state index contributed by atoms with van der Waals surface area (Å²) >= 11 is 0. The summed E-state index contributed by atoms with van der Waals surface area (Å²) in [7, 11) is 0. The minimum absolute atomic E-state index is 0.0282. The number of nitrogens with one attached hydrogen (secondary N) is 1. The quantitative estimate of drug-likeness (QED) is 0.883. The van der Waals surface area contributed by atoms with Gasteiger partial charge >= 0.3 is 0 Å². The zero-order chi connectivity index (χ0) is 15.6. The Morgan fingerprint density at radius 3 is 2.26 bits per heavy atom. The molecule has 3 fully saturated rings. The first kappa shape index (κ1) is 15.1. The van der Waals surface area contributed by atoms with Gasteiger partial charge in [-0.05, 0) is 12.8 Å². The molecule has 0 aromatic carbocycles. The Morgan fingerprint density at radius 2 is 1.65 bits per heavy atom. The molecule has 0 radical (unpaired) electrons. The number of hydrogen-bond acceptors (Lipinski definition) is 5. The number of nitrogens with zero attached hydrogens (tertiary/aromatic N) is 5. The second-order valence-corrected chi connectivity index (χ2v) is 7.06. The summed E-state index contributed by atoms with van der Waals surface area (Å²) in [6, 6.07) is 1.35. The molecule has 0 spiro atoms. The van der Waals surface area contributed by atoms with E-state index in [9.17, 15) is 4.79 Å². The van der Waals surface area contributed by atoms with Crippen LogP contribution < -0.4 is 0 Å². The van der Waals surface area contributed by atoms with Gasteiger partial charge in [-0.2, -0.15) is 5.10 Å². The van der Waals surface area contributed by atoms with Gasteiger partial charge in [-0.3, -0.25) is 19.7 Å². The van der Waals surface area contributed by atoms with Crippen molar-refractivity contribution in [3.8, 4) is 0 Å². The summed E-state index contributed by atoms with van der Waals surface area (Å²) in [6.45, 7) is 6.32. The summed E-state index contributed by atoms with van der Waals surface area (Å²) in [5, 5.41) is 6.40. The van der Waals surface area contributed by atoms with Crippen LogP contribution in [0.25, 0.3) is 0 Å². The lowest BCUT2D eigenvalue weighted by Gasteiger charge is -2.49. The number of aromatic amines is 1. The van der Waals surface area contributed by atoms with Gasteiger partial charge in [0.05, 0.1) is 0 Å². The molecular weight excluding hydrogens is 292 g/mol. The van der Waals surface area contributed by atoms with Gasteiger partial charge < -0.3 is 4.90 Å². The van der Waals surface area contributed by atoms with E-state index in [1.807, 2.05) is 4.90 Å². The van der Waals surface area contributed by atoms with Gasteiger partial charge in [0, 0.05) is 51.4 Å². The van der Waals surface area contributed by atoms with Gasteiger partial charge in [0.2, 0.25) is 5.82 Å². The highest BCUT2D eigenvalue weighted by Crippen LogP contribution is 2.25. The van der Waals surface area contributed by atoms with E-state index < -0.39 is 0 Å². The highest BCUT2D eigenvalue weighted by atomic mass is 16.2. The van der Waals surface area contributed by atoms with Crippen LogP contribution in [0.1, 0.15) is 42.7 Å². The molecule has 4 rings (SSSR count). The van der Waals surface area contributed by atoms with Crippen LogP contribution >= 0.6 is 0 Å². The van der Waals surface area contributed by atoms with Crippen molar-refractivity contribution in [1.82, 2.24) is 29.9 Å².